The summed E-state index contributed by atoms with van der Waals surface area (Å²) in [4.78, 5) is 35.6. The van der Waals surface area contributed by atoms with Crippen molar-refractivity contribution in [1.82, 2.24) is 9.97 Å². The maximum atomic E-state index is 12.5. The second-order valence-electron chi connectivity index (χ2n) is 8.19. The summed E-state index contributed by atoms with van der Waals surface area (Å²) in [6, 6.07) is 19.3. The molecule has 4 rings (SSSR count). The molecule has 1 fully saturated rings. The van der Waals surface area contributed by atoms with E-state index in [4.69, 9.17) is 4.74 Å². The highest BCUT2D eigenvalue weighted by Gasteiger charge is 2.21. The third-order valence-electron chi connectivity index (χ3n) is 5.86. The van der Waals surface area contributed by atoms with Gasteiger partial charge in [0.05, 0.1) is 24.1 Å². The van der Waals surface area contributed by atoms with Crippen LogP contribution in [-0.2, 0) is 16.0 Å². The molecular formula is C26H28N4O3S. The fourth-order valence-corrected chi connectivity index (χ4v) is 4.71. The van der Waals surface area contributed by atoms with Crippen LogP contribution in [0, 0.1) is 5.92 Å². The van der Waals surface area contributed by atoms with Gasteiger partial charge in [0.25, 0.3) is 0 Å². The predicted molar refractivity (Wildman–Crippen MR) is 134 cm³/mol. The standard InChI is InChI=1S/C26H28N4O3S/c1-33-25(32)21-9-5-6-10-22(21)28-24(31)18-34-26-27-14-11-23(29-26)30-15-12-20(13-16-30)17-19-7-3-2-4-8-19/h2-11,14,20H,12-13,15-18H2,1H3,(H,28,31). The summed E-state index contributed by atoms with van der Waals surface area (Å²) in [5.41, 5.74) is 2.14. The maximum Gasteiger partial charge on any atom is 0.339 e. The number of piperidine rings is 1. The topological polar surface area (TPSA) is 84.4 Å². The third kappa shape index (κ3) is 6.35. The molecule has 0 saturated carbocycles. The van der Waals surface area contributed by atoms with Crippen LogP contribution in [0.5, 0.6) is 0 Å². The number of nitrogens with one attached hydrogen (secondary N) is 1. The van der Waals surface area contributed by atoms with Gasteiger partial charge in [-0.25, -0.2) is 14.8 Å². The van der Waals surface area contributed by atoms with Gasteiger partial charge in [0.15, 0.2) is 5.16 Å². The number of ether oxygens (including phenoxy) is 1. The van der Waals surface area contributed by atoms with Gasteiger partial charge in [0.2, 0.25) is 5.91 Å². The molecule has 2 heterocycles. The van der Waals surface area contributed by atoms with E-state index in [1.165, 1.54) is 24.4 Å². The minimum Gasteiger partial charge on any atom is -0.465 e. The Morgan fingerprint density at radius 2 is 1.79 bits per heavy atom. The molecule has 0 aliphatic carbocycles. The number of rotatable bonds is 8. The largest absolute Gasteiger partial charge is 0.465 e. The van der Waals surface area contributed by atoms with Crippen molar-refractivity contribution in [3.05, 3.63) is 78.0 Å². The molecule has 1 amide bonds. The number of hydrogen-bond acceptors (Lipinski definition) is 7. The van der Waals surface area contributed by atoms with Crippen molar-refractivity contribution >= 4 is 35.1 Å². The number of aromatic nitrogens is 2. The molecule has 0 radical (unpaired) electrons. The SMILES string of the molecule is COC(=O)c1ccccc1NC(=O)CSc1nccc(N2CCC(Cc3ccccc3)CC2)n1. The number of carbonyl (C=O) groups excluding carboxylic acids is 2. The van der Waals surface area contributed by atoms with Gasteiger partial charge in [-0.1, -0.05) is 54.2 Å². The first-order valence-corrected chi connectivity index (χ1v) is 12.3. The highest BCUT2D eigenvalue weighted by Crippen LogP contribution is 2.26. The van der Waals surface area contributed by atoms with Crippen molar-refractivity contribution in [3.8, 4) is 0 Å². The molecule has 0 spiro atoms. The van der Waals surface area contributed by atoms with Crippen LogP contribution in [0.3, 0.4) is 0 Å². The second-order valence-corrected chi connectivity index (χ2v) is 9.13. The van der Waals surface area contributed by atoms with Crippen LogP contribution in [0.25, 0.3) is 0 Å². The molecule has 7 nitrogen and oxygen atoms in total. The van der Waals surface area contributed by atoms with Gasteiger partial charge in [-0.3, -0.25) is 4.79 Å². The molecule has 2 aromatic carbocycles. The number of esters is 1. The van der Waals surface area contributed by atoms with E-state index in [1.54, 1.807) is 30.5 Å². The highest BCUT2D eigenvalue weighted by molar-refractivity contribution is 7.99. The number of methoxy groups -OCH3 is 1. The molecule has 0 atom stereocenters. The Hall–Kier alpha value is -3.39. The predicted octanol–water partition coefficient (Wildman–Crippen LogP) is 4.45. The molecule has 1 aliphatic rings. The van der Waals surface area contributed by atoms with Gasteiger partial charge in [-0.05, 0) is 48.9 Å². The Balaban J connectivity index is 1.29. The molecule has 0 bridgehead atoms. The summed E-state index contributed by atoms with van der Waals surface area (Å²) in [5.74, 6) is 0.986. The zero-order valence-corrected chi connectivity index (χ0v) is 20.0. The van der Waals surface area contributed by atoms with Gasteiger partial charge in [0, 0.05) is 19.3 Å². The summed E-state index contributed by atoms with van der Waals surface area (Å²) in [6.07, 6.45) is 5.12. The quantitative estimate of drug-likeness (QED) is 0.292. The normalized spacial score (nSPS) is 14.0. The first kappa shape index (κ1) is 23.8. The Labute approximate surface area is 203 Å². The van der Waals surface area contributed by atoms with E-state index in [-0.39, 0.29) is 11.7 Å². The Kier molecular flexibility index (Phi) is 8.14. The average molecular weight is 477 g/mol. The van der Waals surface area contributed by atoms with Gasteiger partial charge < -0.3 is 15.0 Å². The second kappa shape index (κ2) is 11.7. The van der Waals surface area contributed by atoms with Crippen LogP contribution >= 0.6 is 11.8 Å². The number of para-hydroxylation sites is 1. The molecule has 34 heavy (non-hydrogen) atoms. The molecule has 8 heteroatoms. The fraction of sp³-hybridized carbons (Fsp3) is 0.308. The van der Waals surface area contributed by atoms with Gasteiger partial charge >= 0.3 is 5.97 Å². The van der Waals surface area contributed by atoms with E-state index in [0.717, 1.165) is 38.2 Å². The summed E-state index contributed by atoms with van der Waals surface area (Å²) < 4.78 is 4.77. The van der Waals surface area contributed by atoms with Gasteiger partial charge in [-0.15, -0.1) is 0 Å². The summed E-state index contributed by atoms with van der Waals surface area (Å²) in [7, 11) is 1.31. The zero-order valence-electron chi connectivity index (χ0n) is 19.1. The molecule has 1 aromatic heterocycles. The maximum absolute atomic E-state index is 12.5. The van der Waals surface area contributed by atoms with Crippen LogP contribution in [0.2, 0.25) is 0 Å². The lowest BCUT2D eigenvalue weighted by molar-refractivity contribution is -0.113. The molecular weight excluding hydrogens is 448 g/mol. The molecule has 1 aliphatic heterocycles. The van der Waals surface area contributed by atoms with Crippen molar-refractivity contribution in [2.75, 3.05) is 36.2 Å². The van der Waals surface area contributed by atoms with Crippen molar-refractivity contribution in [1.29, 1.82) is 0 Å². The number of thioether (sulfide) groups is 1. The molecule has 176 valence electrons. The first-order valence-electron chi connectivity index (χ1n) is 11.3. The van der Waals surface area contributed by atoms with Gasteiger partial charge in [-0.2, -0.15) is 0 Å². The third-order valence-corrected chi connectivity index (χ3v) is 6.72. The van der Waals surface area contributed by atoms with E-state index in [1.807, 2.05) is 6.07 Å². The number of carbonyl (C=O) groups is 2. The number of benzene rings is 2. The number of anilines is 2. The number of hydrogen-bond donors (Lipinski definition) is 1. The molecule has 0 unspecified atom stereocenters. The van der Waals surface area contributed by atoms with Crippen LogP contribution in [-0.4, -0.2) is 47.8 Å². The van der Waals surface area contributed by atoms with Crippen LogP contribution in [0.1, 0.15) is 28.8 Å². The summed E-state index contributed by atoms with van der Waals surface area (Å²) in [5, 5.41) is 3.33. The van der Waals surface area contributed by atoms with Crippen LogP contribution < -0.4 is 10.2 Å². The van der Waals surface area contributed by atoms with E-state index in [9.17, 15) is 9.59 Å². The van der Waals surface area contributed by atoms with Crippen molar-refractivity contribution in [2.24, 2.45) is 5.92 Å². The molecule has 1 N–H and O–H groups in total. The Morgan fingerprint density at radius 3 is 2.56 bits per heavy atom. The van der Waals surface area contributed by atoms with Crippen LogP contribution in [0.15, 0.2) is 72.0 Å². The van der Waals surface area contributed by atoms with E-state index >= 15 is 0 Å². The number of nitrogens with zero attached hydrogens (tertiary/aromatic N) is 3. The summed E-state index contributed by atoms with van der Waals surface area (Å²) >= 11 is 1.27. The van der Waals surface area contributed by atoms with E-state index < -0.39 is 5.97 Å². The van der Waals surface area contributed by atoms with Crippen molar-refractivity contribution in [2.45, 2.75) is 24.4 Å². The smallest absolute Gasteiger partial charge is 0.339 e. The van der Waals surface area contributed by atoms with E-state index in [0.29, 0.717) is 22.3 Å². The van der Waals surface area contributed by atoms with Gasteiger partial charge in [0.1, 0.15) is 5.82 Å². The number of amides is 1. The van der Waals surface area contributed by atoms with Crippen molar-refractivity contribution in [3.63, 3.8) is 0 Å². The lowest BCUT2D eigenvalue weighted by Crippen LogP contribution is -2.35. The molecule has 1 saturated heterocycles. The van der Waals surface area contributed by atoms with E-state index in [2.05, 4.69) is 50.5 Å². The molecule has 3 aromatic rings. The Bertz CT molecular complexity index is 1120. The fourth-order valence-electron chi connectivity index (χ4n) is 4.09. The monoisotopic (exact) mass is 476 g/mol. The lowest BCUT2D eigenvalue weighted by Gasteiger charge is -2.33. The lowest BCUT2D eigenvalue weighted by atomic mass is 9.90. The minimum atomic E-state index is -0.493. The first-order chi connectivity index (χ1) is 16.6. The van der Waals surface area contributed by atoms with Crippen molar-refractivity contribution < 1.29 is 14.3 Å². The summed E-state index contributed by atoms with van der Waals surface area (Å²) in [6.45, 7) is 1.92. The minimum absolute atomic E-state index is 0.137. The zero-order chi connectivity index (χ0) is 23.8. The van der Waals surface area contributed by atoms with Crippen LogP contribution in [0.4, 0.5) is 11.5 Å². The highest BCUT2D eigenvalue weighted by atomic mass is 32.2. The Morgan fingerprint density at radius 1 is 1.06 bits per heavy atom. The average Bonchev–Trinajstić information content (AvgIpc) is 2.88.